The summed E-state index contributed by atoms with van der Waals surface area (Å²) in [6.45, 7) is 5.02. The summed E-state index contributed by atoms with van der Waals surface area (Å²) in [5, 5.41) is 1.47. The van der Waals surface area contributed by atoms with Gasteiger partial charge in [0, 0.05) is 43.9 Å². The smallest absolute Gasteiger partial charge is 0.128 e. The topological polar surface area (TPSA) is 19.4 Å². The predicted octanol–water partition coefficient (Wildman–Crippen LogP) is 3.71. The molecule has 3 rings (SSSR count). The molecule has 0 atom stereocenters. The maximum absolute atomic E-state index is 5.92. The summed E-state index contributed by atoms with van der Waals surface area (Å²) in [5.74, 6) is 1.01. The number of aromatic nitrogens is 1. The van der Waals surface area contributed by atoms with E-state index in [1.54, 1.807) is 6.20 Å². The minimum Gasteiger partial charge on any atom is -0.354 e. The first-order valence-corrected chi connectivity index (χ1v) is 7.79. The van der Waals surface area contributed by atoms with E-state index in [0.717, 1.165) is 43.6 Å². The first-order valence-electron chi connectivity index (χ1n) is 7.04. The minimum absolute atomic E-state index is 0.681. The number of piperazine rings is 1. The van der Waals surface area contributed by atoms with Gasteiger partial charge in [0.1, 0.15) is 5.82 Å². The largest absolute Gasteiger partial charge is 0.354 e. The van der Waals surface area contributed by atoms with Crippen molar-refractivity contribution in [3.05, 3.63) is 58.2 Å². The van der Waals surface area contributed by atoms with Crippen molar-refractivity contribution < 1.29 is 0 Å². The molecule has 0 saturated carbocycles. The van der Waals surface area contributed by atoms with Gasteiger partial charge in [-0.25, -0.2) is 4.98 Å². The lowest BCUT2D eigenvalue weighted by Crippen LogP contribution is -2.46. The molecule has 0 spiro atoms. The van der Waals surface area contributed by atoms with Crippen molar-refractivity contribution in [2.45, 2.75) is 6.54 Å². The fourth-order valence-electron chi connectivity index (χ4n) is 2.54. The second kappa shape index (κ2) is 6.65. The third-order valence-electron chi connectivity index (χ3n) is 3.73. The first kappa shape index (κ1) is 14.6. The number of hydrogen-bond acceptors (Lipinski definition) is 3. The SMILES string of the molecule is Clc1ccc(CN2CCN(c3ccc(Cl)cn3)CC2)cc1. The molecule has 2 aromatic rings. The molecule has 21 heavy (non-hydrogen) atoms. The molecule has 2 heterocycles. The molecule has 0 unspecified atom stereocenters. The lowest BCUT2D eigenvalue weighted by Gasteiger charge is -2.35. The summed E-state index contributed by atoms with van der Waals surface area (Å²) in [6.07, 6.45) is 1.71. The highest BCUT2D eigenvalue weighted by Gasteiger charge is 2.17. The second-order valence-corrected chi connectivity index (χ2v) is 6.10. The number of anilines is 1. The molecule has 3 nitrogen and oxygen atoms in total. The highest BCUT2D eigenvalue weighted by atomic mass is 35.5. The summed E-state index contributed by atoms with van der Waals surface area (Å²) < 4.78 is 0. The Morgan fingerprint density at radius 3 is 2.14 bits per heavy atom. The zero-order valence-corrected chi connectivity index (χ0v) is 13.2. The number of rotatable bonds is 3. The van der Waals surface area contributed by atoms with Gasteiger partial charge in [-0.1, -0.05) is 35.3 Å². The van der Waals surface area contributed by atoms with E-state index in [1.807, 2.05) is 24.3 Å². The molecular formula is C16H17Cl2N3. The van der Waals surface area contributed by atoms with Crippen molar-refractivity contribution >= 4 is 29.0 Å². The molecule has 1 aromatic carbocycles. The molecule has 1 aliphatic rings. The first-order chi connectivity index (χ1) is 10.2. The van der Waals surface area contributed by atoms with Crippen LogP contribution in [-0.2, 0) is 6.54 Å². The lowest BCUT2D eigenvalue weighted by molar-refractivity contribution is 0.249. The van der Waals surface area contributed by atoms with Crippen molar-refractivity contribution in [1.29, 1.82) is 0 Å². The van der Waals surface area contributed by atoms with Crippen molar-refractivity contribution in [1.82, 2.24) is 9.88 Å². The average molecular weight is 322 g/mol. The Morgan fingerprint density at radius 1 is 0.857 bits per heavy atom. The molecule has 5 heteroatoms. The van der Waals surface area contributed by atoms with Crippen LogP contribution in [0.15, 0.2) is 42.6 Å². The van der Waals surface area contributed by atoms with Gasteiger partial charge < -0.3 is 4.90 Å². The summed E-state index contributed by atoms with van der Waals surface area (Å²) in [6, 6.07) is 12.0. The molecular weight excluding hydrogens is 305 g/mol. The number of nitrogens with zero attached hydrogens (tertiary/aromatic N) is 3. The third-order valence-corrected chi connectivity index (χ3v) is 4.20. The molecule has 1 saturated heterocycles. The van der Waals surface area contributed by atoms with Crippen LogP contribution in [0.2, 0.25) is 10.0 Å². The van der Waals surface area contributed by atoms with E-state index in [-0.39, 0.29) is 0 Å². The molecule has 1 aliphatic heterocycles. The van der Waals surface area contributed by atoms with Gasteiger partial charge in [0.2, 0.25) is 0 Å². The van der Waals surface area contributed by atoms with Crippen LogP contribution < -0.4 is 4.90 Å². The molecule has 0 bridgehead atoms. The Morgan fingerprint density at radius 2 is 1.52 bits per heavy atom. The van der Waals surface area contributed by atoms with E-state index in [1.165, 1.54) is 5.56 Å². The van der Waals surface area contributed by atoms with Gasteiger partial charge in [-0.3, -0.25) is 4.90 Å². The minimum atomic E-state index is 0.681. The van der Waals surface area contributed by atoms with Gasteiger partial charge in [-0.15, -0.1) is 0 Å². The third kappa shape index (κ3) is 3.88. The van der Waals surface area contributed by atoms with Gasteiger partial charge in [0.15, 0.2) is 0 Å². The van der Waals surface area contributed by atoms with Crippen LogP contribution in [0.25, 0.3) is 0 Å². The highest BCUT2D eigenvalue weighted by Crippen LogP contribution is 2.17. The van der Waals surface area contributed by atoms with Gasteiger partial charge in [0.05, 0.1) is 5.02 Å². The van der Waals surface area contributed by atoms with Crippen LogP contribution in [0.4, 0.5) is 5.82 Å². The summed E-state index contributed by atoms with van der Waals surface area (Å²) in [5.41, 5.74) is 1.30. The molecule has 110 valence electrons. The number of halogens is 2. The highest BCUT2D eigenvalue weighted by molar-refractivity contribution is 6.30. The molecule has 0 aliphatic carbocycles. The lowest BCUT2D eigenvalue weighted by atomic mass is 10.2. The molecule has 0 N–H and O–H groups in total. The van der Waals surface area contributed by atoms with Crippen molar-refractivity contribution in [2.24, 2.45) is 0 Å². The Bertz CT molecular complexity index is 575. The number of hydrogen-bond donors (Lipinski definition) is 0. The van der Waals surface area contributed by atoms with Gasteiger partial charge in [-0.2, -0.15) is 0 Å². The maximum Gasteiger partial charge on any atom is 0.128 e. The average Bonchev–Trinajstić information content (AvgIpc) is 2.51. The van der Waals surface area contributed by atoms with E-state index in [4.69, 9.17) is 23.2 Å². The van der Waals surface area contributed by atoms with Crippen molar-refractivity contribution in [3.8, 4) is 0 Å². The van der Waals surface area contributed by atoms with E-state index in [9.17, 15) is 0 Å². The fourth-order valence-corrected chi connectivity index (χ4v) is 2.78. The van der Waals surface area contributed by atoms with Crippen LogP contribution in [0, 0.1) is 0 Å². The molecule has 1 fully saturated rings. The van der Waals surface area contributed by atoms with Crippen LogP contribution in [0.5, 0.6) is 0 Å². The van der Waals surface area contributed by atoms with E-state index < -0.39 is 0 Å². The molecule has 1 aromatic heterocycles. The Labute approximate surface area is 135 Å². The quantitative estimate of drug-likeness (QED) is 0.859. The van der Waals surface area contributed by atoms with Crippen LogP contribution >= 0.6 is 23.2 Å². The summed E-state index contributed by atoms with van der Waals surface area (Å²) in [4.78, 5) is 9.14. The predicted molar refractivity (Wildman–Crippen MR) is 88.2 cm³/mol. The normalized spacial score (nSPS) is 16.2. The summed E-state index contributed by atoms with van der Waals surface area (Å²) in [7, 11) is 0. The molecule has 0 radical (unpaired) electrons. The van der Waals surface area contributed by atoms with Crippen molar-refractivity contribution in [2.75, 3.05) is 31.1 Å². The fraction of sp³-hybridized carbons (Fsp3) is 0.312. The Balaban J connectivity index is 1.55. The van der Waals surface area contributed by atoms with E-state index >= 15 is 0 Å². The van der Waals surface area contributed by atoms with Crippen LogP contribution in [0.1, 0.15) is 5.56 Å². The van der Waals surface area contributed by atoms with Gasteiger partial charge >= 0.3 is 0 Å². The molecule has 0 amide bonds. The monoisotopic (exact) mass is 321 g/mol. The Kier molecular flexibility index (Phi) is 4.63. The number of pyridine rings is 1. The summed E-state index contributed by atoms with van der Waals surface area (Å²) >= 11 is 11.8. The second-order valence-electron chi connectivity index (χ2n) is 5.22. The van der Waals surface area contributed by atoms with E-state index in [0.29, 0.717) is 5.02 Å². The van der Waals surface area contributed by atoms with Crippen LogP contribution in [-0.4, -0.2) is 36.1 Å². The van der Waals surface area contributed by atoms with Gasteiger partial charge in [-0.05, 0) is 29.8 Å². The zero-order chi connectivity index (χ0) is 14.7. The Hall–Kier alpha value is -1.29. The standard InChI is InChI=1S/C16H17Cl2N3/c17-14-3-1-13(2-4-14)12-20-7-9-21(10-8-20)16-6-5-15(18)11-19-16/h1-6,11H,7-10,12H2. The van der Waals surface area contributed by atoms with Gasteiger partial charge in [0.25, 0.3) is 0 Å². The maximum atomic E-state index is 5.92. The number of benzene rings is 1. The van der Waals surface area contributed by atoms with E-state index in [2.05, 4.69) is 26.9 Å². The zero-order valence-electron chi connectivity index (χ0n) is 11.7. The van der Waals surface area contributed by atoms with Crippen molar-refractivity contribution in [3.63, 3.8) is 0 Å². The van der Waals surface area contributed by atoms with Crippen LogP contribution in [0.3, 0.4) is 0 Å².